The van der Waals surface area contributed by atoms with Crippen LogP contribution in [0.3, 0.4) is 0 Å². The second-order valence-corrected chi connectivity index (χ2v) is 5.19. The predicted molar refractivity (Wildman–Crippen MR) is 64.8 cm³/mol. The van der Waals surface area contributed by atoms with E-state index in [9.17, 15) is 4.79 Å². The first-order chi connectivity index (χ1) is 7.24. The number of amides is 1. The summed E-state index contributed by atoms with van der Waals surface area (Å²) in [5, 5.41) is 10.2. The third-order valence-corrected chi connectivity index (χ3v) is 3.34. The lowest BCUT2D eigenvalue weighted by Crippen LogP contribution is -2.25. The van der Waals surface area contributed by atoms with E-state index >= 15 is 0 Å². The van der Waals surface area contributed by atoms with Crippen LogP contribution in [0.1, 0.15) is 9.80 Å². The number of hydrogen-bond acceptors (Lipinski definition) is 5. The number of halogens is 1. The third kappa shape index (κ3) is 4.63. The first-order valence-electron chi connectivity index (χ1n) is 4.20. The Balaban J connectivity index is 2.22. The highest BCUT2D eigenvalue weighted by Crippen LogP contribution is 2.14. The van der Waals surface area contributed by atoms with Gasteiger partial charge < -0.3 is 5.32 Å². The number of thioether (sulfide) groups is 1. The quantitative estimate of drug-likeness (QED) is 0.629. The minimum atomic E-state index is -0.224. The highest BCUT2D eigenvalue weighted by Gasteiger charge is 2.10. The van der Waals surface area contributed by atoms with Crippen LogP contribution in [0.15, 0.2) is 12.7 Å². The number of rotatable bonds is 6. The largest absolute Gasteiger partial charge is 0.349 e. The van der Waals surface area contributed by atoms with E-state index in [4.69, 9.17) is 11.6 Å². The van der Waals surface area contributed by atoms with Crippen molar-refractivity contribution in [2.75, 3.05) is 18.1 Å². The maximum Gasteiger partial charge on any atom is 0.282 e. The van der Waals surface area contributed by atoms with Gasteiger partial charge in [0.2, 0.25) is 9.47 Å². The molecule has 0 spiro atoms. The van der Waals surface area contributed by atoms with E-state index in [1.807, 2.05) is 6.08 Å². The number of nitrogens with one attached hydrogen (secondary N) is 1. The molecular formula is C8H10ClN3OS2. The van der Waals surface area contributed by atoms with Crippen molar-refractivity contribution in [3.05, 3.63) is 22.1 Å². The zero-order chi connectivity index (χ0) is 11.1. The van der Waals surface area contributed by atoms with Crippen molar-refractivity contribution < 1.29 is 4.79 Å². The van der Waals surface area contributed by atoms with E-state index in [0.29, 0.717) is 11.6 Å². The molecule has 82 valence electrons. The lowest BCUT2D eigenvalue weighted by molar-refractivity contribution is 0.0955. The minimum absolute atomic E-state index is 0.224. The first kappa shape index (κ1) is 12.5. The molecule has 0 radical (unpaired) electrons. The average molecular weight is 264 g/mol. The Kier molecular flexibility index (Phi) is 5.67. The van der Waals surface area contributed by atoms with Gasteiger partial charge in [-0.05, 0) is 11.6 Å². The third-order valence-electron chi connectivity index (χ3n) is 1.36. The monoisotopic (exact) mass is 263 g/mol. The van der Waals surface area contributed by atoms with Crippen LogP contribution in [0.25, 0.3) is 0 Å². The highest BCUT2D eigenvalue weighted by atomic mass is 35.5. The van der Waals surface area contributed by atoms with Gasteiger partial charge in [-0.1, -0.05) is 17.4 Å². The fraction of sp³-hybridized carbons (Fsp3) is 0.375. The van der Waals surface area contributed by atoms with E-state index in [1.54, 1.807) is 11.8 Å². The smallest absolute Gasteiger partial charge is 0.282 e. The van der Waals surface area contributed by atoms with Crippen molar-refractivity contribution in [2.45, 2.75) is 0 Å². The van der Waals surface area contributed by atoms with Gasteiger partial charge in [-0.15, -0.1) is 16.8 Å². The lowest BCUT2D eigenvalue weighted by Gasteiger charge is -2.00. The van der Waals surface area contributed by atoms with Gasteiger partial charge in [0.25, 0.3) is 5.91 Å². The molecule has 0 bridgehead atoms. The van der Waals surface area contributed by atoms with Gasteiger partial charge in [0.1, 0.15) is 0 Å². The zero-order valence-electron chi connectivity index (χ0n) is 7.90. The van der Waals surface area contributed by atoms with Gasteiger partial charge >= 0.3 is 0 Å². The van der Waals surface area contributed by atoms with Gasteiger partial charge in [-0.25, -0.2) is 0 Å². The van der Waals surface area contributed by atoms with Crippen LogP contribution >= 0.6 is 34.7 Å². The summed E-state index contributed by atoms with van der Waals surface area (Å²) < 4.78 is 0.279. The van der Waals surface area contributed by atoms with Gasteiger partial charge in [-0.2, -0.15) is 11.8 Å². The molecule has 15 heavy (non-hydrogen) atoms. The molecule has 0 aliphatic carbocycles. The predicted octanol–water partition coefficient (Wildman–Crippen LogP) is 1.84. The maximum absolute atomic E-state index is 11.4. The Morgan fingerprint density at radius 2 is 2.47 bits per heavy atom. The summed E-state index contributed by atoms with van der Waals surface area (Å²) in [7, 11) is 0. The number of aromatic nitrogens is 2. The second-order valence-electron chi connectivity index (χ2n) is 2.48. The summed E-state index contributed by atoms with van der Waals surface area (Å²) in [5.74, 6) is 1.52. The molecule has 0 aromatic carbocycles. The number of carbonyl (C=O) groups excluding carboxylic acids is 1. The number of hydrogen-bond donors (Lipinski definition) is 1. The molecule has 7 heteroatoms. The highest BCUT2D eigenvalue weighted by molar-refractivity contribution is 7.99. The van der Waals surface area contributed by atoms with Crippen LogP contribution in [0.2, 0.25) is 4.47 Å². The van der Waals surface area contributed by atoms with E-state index in [2.05, 4.69) is 22.1 Å². The summed E-state index contributed by atoms with van der Waals surface area (Å²) in [6.07, 6.45) is 1.83. The second kappa shape index (κ2) is 6.81. The fourth-order valence-corrected chi connectivity index (χ4v) is 2.10. The molecular weight excluding hydrogens is 254 g/mol. The minimum Gasteiger partial charge on any atom is -0.349 e. The molecule has 0 saturated carbocycles. The molecule has 0 aliphatic rings. The molecule has 0 atom stereocenters. The Hall–Kier alpha value is -0.590. The Morgan fingerprint density at radius 1 is 1.67 bits per heavy atom. The van der Waals surface area contributed by atoms with Crippen molar-refractivity contribution >= 4 is 40.6 Å². The molecule has 1 amide bonds. The SMILES string of the molecule is C=CCSCCNC(=O)c1nnc(Cl)s1. The van der Waals surface area contributed by atoms with E-state index in [-0.39, 0.29) is 10.4 Å². The Morgan fingerprint density at radius 3 is 3.07 bits per heavy atom. The van der Waals surface area contributed by atoms with Crippen molar-refractivity contribution in [3.8, 4) is 0 Å². The maximum atomic E-state index is 11.4. The molecule has 1 N–H and O–H groups in total. The van der Waals surface area contributed by atoms with E-state index < -0.39 is 0 Å². The molecule has 0 saturated heterocycles. The standard InChI is InChI=1S/C8H10ClN3OS2/c1-2-4-14-5-3-10-6(13)7-11-12-8(9)15-7/h2H,1,3-5H2,(H,10,13). The lowest BCUT2D eigenvalue weighted by atomic mass is 10.6. The number of carbonyl (C=O) groups is 1. The van der Waals surface area contributed by atoms with Crippen molar-refractivity contribution in [1.29, 1.82) is 0 Å². The normalized spacial score (nSPS) is 9.93. The summed E-state index contributed by atoms with van der Waals surface area (Å²) in [6.45, 7) is 4.21. The fourth-order valence-electron chi connectivity index (χ4n) is 0.776. The van der Waals surface area contributed by atoms with Crippen LogP contribution in [-0.2, 0) is 0 Å². The van der Waals surface area contributed by atoms with Gasteiger partial charge in [0, 0.05) is 18.1 Å². The summed E-state index contributed by atoms with van der Waals surface area (Å²) in [5.41, 5.74) is 0. The van der Waals surface area contributed by atoms with E-state index in [1.165, 1.54) is 0 Å². The van der Waals surface area contributed by atoms with Crippen LogP contribution in [-0.4, -0.2) is 34.2 Å². The summed E-state index contributed by atoms with van der Waals surface area (Å²) in [4.78, 5) is 11.4. The Bertz CT molecular complexity index is 342. The topological polar surface area (TPSA) is 54.9 Å². The molecule has 1 aromatic rings. The van der Waals surface area contributed by atoms with Crippen LogP contribution in [0.5, 0.6) is 0 Å². The van der Waals surface area contributed by atoms with Gasteiger partial charge in [0.15, 0.2) is 0 Å². The average Bonchev–Trinajstić information content (AvgIpc) is 2.64. The van der Waals surface area contributed by atoms with Crippen LogP contribution < -0.4 is 5.32 Å². The molecule has 0 unspecified atom stereocenters. The van der Waals surface area contributed by atoms with Crippen LogP contribution in [0, 0.1) is 0 Å². The summed E-state index contributed by atoms with van der Waals surface area (Å²) >= 11 is 8.33. The molecule has 0 fully saturated rings. The van der Waals surface area contributed by atoms with E-state index in [0.717, 1.165) is 22.8 Å². The van der Waals surface area contributed by atoms with Gasteiger partial charge in [0.05, 0.1) is 0 Å². The van der Waals surface area contributed by atoms with Crippen LogP contribution in [0.4, 0.5) is 0 Å². The van der Waals surface area contributed by atoms with Crippen molar-refractivity contribution in [1.82, 2.24) is 15.5 Å². The first-order valence-corrected chi connectivity index (χ1v) is 6.55. The Labute approximate surface area is 101 Å². The molecule has 1 heterocycles. The zero-order valence-corrected chi connectivity index (χ0v) is 10.3. The number of nitrogens with zero attached hydrogens (tertiary/aromatic N) is 2. The van der Waals surface area contributed by atoms with Crippen molar-refractivity contribution in [2.24, 2.45) is 0 Å². The van der Waals surface area contributed by atoms with Gasteiger partial charge in [-0.3, -0.25) is 4.79 Å². The molecule has 1 aromatic heterocycles. The van der Waals surface area contributed by atoms with Crippen molar-refractivity contribution in [3.63, 3.8) is 0 Å². The summed E-state index contributed by atoms with van der Waals surface area (Å²) in [6, 6.07) is 0. The molecule has 4 nitrogen and oxygen atoms in total. The molecule has 0 aliphatic heterocycles. The molecule has 1 rings (SSSR count).